The molecule has 0 radical (unpaired) electrons. The molecule has 4 nitrogen and oxygen atoms in total. The van der Waals surface area contributed by atoms with E-state index < -0.39 is 11.8 Å². The minimum atomic E-state index is -0.632. The second-order valence-electron chi connectivity index (χ2n) is 1.80. The first-order valence-electron chi connectivity index (χ1n) is 3.34. The second-order valence-corrected chi connectivity index (χ2v) is 2.18. The number of nitrogens with one attached hydrogen (secondary N) is 2. The Labute approximate surface area is 70.3 Å². The van der Waals surface area contributed by atoms with E-state index in [2.05, 4.69) is 10.6 Å². The molecule has 0 aromatic carbocycles. The van der Waals surface area contributed by atoms with E-state index in [0.29, 0.717) is 19.0 Å². The van der Waals surface area contributed by atoms with E-state index >= 15 is 0 Å². The molecular formula is C6H11ClN2O2. The molecule has 0 aromatic rings. The molecule has 0 heterocycles. The van der Waals surface area contributed by atoms with Gasteiger partial charge in [0.2, 0.25) is 0 Å². The highest BCUT2D eigenvalue weighted by molar-refractivity contribution is 6.35. The number of carbonyl (C=O) groups is 2. The van der Waals surface area contributed by atoms with Crippen molar-refractivity contribution in [1.82, 2.24) is 10.6 Å². The topological polar surface area (TPSA) is 58.2 Å². The first-order valence-corrected chi connectivity index (χ1v) is 3.87. The zero-order chi connectivity index (χ0) is 8.69. The van der Waals surface area contributed by atoms with Crippen molar-refractivity contribution in [1.29, 1.82) is 0 Å². The summed E-state index contributed by atoms with van der Waals surface area (Å²) in [4.78, 5) is 21.4. The predicted molar refractivity (Wildman–Crippen MR) is 42.4 cm³/mol. The molecule has 0 fully saturated rings. The van der Waals surface area contributed by atoms with Gasteiger partial charge in [0.25, 0.3) is 0 Å². The highest BCUT2D eigenvalue weighted by Gasteiger charge is 2.09. The predicted octanol–water partition coefficient (Wildman–Crippen LogP) is -0.523. The van der Waals surface area contributed by atoms with Crippen LogP contribution in [0.3, 0.4) is 0 Å². The van der Waals surface area contributed by atoms with Gasteiger partial charge in [0, 0.05) is 19.0 Å². The Hall–Kier alpha value is -0.770. The van der Waals surface area contributed by atoms with Crippen LogP contribution in [0.5, 0.6) is 0 Å². The molecule has 0 unspecified atom stereocenters. The molecule has 0 saturated carbocycles. The fourth-order valence-corrected chi connectivity index (χ4v) is 0.576. The summed E-state index contributed by atoms with van der Waals surface area (Å²) >= 11 is 5.28. The van der Waals surface area contributed by atoms with Crippen LogP contribution in [0.25, 0.3) is 0 Å². The van der Waals surface area contributed by atoms with Crippen molar-refractivity contribution >= 4 is 23.4 Å². The van der Waals surface area contributed by atoms with Gasteiger partial charge in [-0.25, -0.2) is 0 Å². The van der Waals surface area contributed by atoms with Crippen LogP contribution >= 0.6 is 11.6 Å². The summed E-state index contributed by atoms with van der Waals surface area (Å²) in [5, 5.41) is 4.69. The minimum absolute atomic E-state index is 0.311. The van der Waals surface area contributed by atoms with Crippen LogP contribution in [0, 0.1) is 0 Å². The Morgan fingerprint density at radius 3 is 2.27 bits per heavy atom. The summed E-state index contributed by atoms with van der Waals surface area (Å²) in [6, 6.07) is 0. The number of alkyl halides is 1. The van der Waals surface area contributed by atoms with E-state index in [1.54, 1.807) is 6.92 Å². The van der Waals surface area contributed by atoms with Gasteiger partial charge in [-0.1, -0.05) is 0 Å². The lowest BCUT2D eigenvalue weighted by atomic mass is 10.5. The Morgan fingerprint density at radius 2 is 1.82 bits per heavy atom. The molecule has 0 aliphatic heterocycles. The first-order chi connectivity index (χ1) is 5.22. The molecule has 2 N–H and O–H groups in total. The summed E-state index contributed by atoms with van der Waals surface area (Å²) in [5.41, 5.74) is 0. The molecular weight excluding hydrogens is 168 g/mol. The highest BCUT2D eigenvalue weighted by atomic mass is 35.5. The number of likely N-dealkylation sites (N-methyl/N-ethyl adjacent to an activating group) is 1. The molecule has 0 spiro atoms. The molecule has 0 saturated heterocycles. The first kappa shape index (κ1) is 10.2. The Kier molecular flexibility index (Phi) is 5.56. The van der Waals surface area contributed by atoms with Crippen LogP contribution in [-0.2, 0) is 9.59 Å². The molecule has 0 bridgehead atoms. The SMILES string of the molecule is CCNC(=O)C(=O)NCCCl. The monoisotopic (exact) mass is 178 g/mol. The van der Waals surface area contributed by atoms with Crippen molar-refractivity contribution in [2.75, 3.05) is 19.0 Å². The zero-order valence-corrected chi connectivity index (χ0v) is 7.07. The van der Waals surface area contributed by atoms with Gasteiger partial charge in [-0.2, -0.15) is 0 Å². The summed E-state index contributed by atoms with van der Waals surface area (Å²) in [5.74, 6) is -0.935. The van der Waals surface area contributed by atoms with Gasteiger partial charge in [-0.05, 0) is 6.92 Å². The van der Waals surface area contributed by atoms with Crippen molar-refractivity contribution in [3.05, 3.63) is 0 Å². The lowest BCUT2D eigenvalue weighted by molar-refractivity contribution is -0.139. The van der Waals surface area contributed by atoms with E-state index in [4.69, 9.17) is 11.6 Å². The van der Waals surface area contributed by atoms with Crippen molar-refractivity contribution in [2.24, 2.45) is 0 Å². The summed E-state index contributed by atoms with van der Waals surface area (Å²) in [7, 11) is 0. The molecule has 0 atom stereocenters. The normalized spacial score (nSPS) is 8.91. The highest BCUT2D eigenvalue weighted by Crippen LogP contribution is 1.72. The van der Waals surface area contributed by atoms with Crippen LogP contribution < -0.4 is 10.6 Å². The van der Waals surface area contributed by atoms with Gasteiger partial charge < -0.3 is 10.6 Å². The van der Waals surface area contributed by atoms with Crippen LogP contribution in [-0.4, -0.2) is 30.8 Å². The molecule has 0 aliphatic rings. The fraction of sp³-hybridized carbons (Fsp3) is 0.667. The lowest BCUT2D eigenvalue weighted by Gasteiger charge is -2.01. The molecule has 64 valence electrons. The second kappa shape index (κ2) is 5.97. The maximum atomic E-state index is 10.7. The number of carbonyl (C=O) groups excluding carboxylic acids is 2. The third-order valence-electron chi connectivity index (χ3n) is 0.924. The maximum absolute atomic E-state index is 10.7. The summed E-state index contributed by atoms with van der Waals surface area (Å²) in [6.45, 7) is 2.51. The van der Waals surface area contributed by atoms with E-state index in [0.717, 1.165) is 0 Å². The van der Waals surface area contributed by atoms with E-state index in [9.17, 15) is 9.59 Å². The van der Waals surface area contributed by atoms with Crippen molar-refractivity contribution in [3.8, 4) is 0 Å². The molecule has 5 heteroatoms. The van der Waals surface area contributed by atoms with E-state index in [-0.39, 0.29) is 0 Å². The van der Waals surface area contributed by atoms with Crippen LogP contribution in [0.2, 0.25) is 0 Å². The quantitative estimate of drug-likeness (QED) is 0.451. The molecule has 11 heavy (non-hydrogen) atoms. The lowest BCUT2D eigenvalue weighted by Crippen LogP contribution is -2.40. The summed E-state index contributed by atoms with van der Waals surface area (Å²) in [6.07, 6.45) is 0. The maximum Gasteiger partial charge on any atom is 0.309 e. The van der Waals surface area contributed by atoms with Crippen molar-refractivity contribution in [2.45, 2.75) is 6.92 Å². The van der Waals surface area contributed by atoms with Gasteiger partial charge in [0.15, 0.2) is 0 Å². The van der Waals surface area contributed by atoms with Gasteiger partial charge in [-0.3, -0.25) is 9.59 Å². The molecule has 2 amide bonds. The number of amides is 2. The minimum Gasteiger partial charge on any atom is -0.348 e. The van der Waals surface area contributed by atoms with E-state index in [1.165, 1.54) is 0 Å². The third kappa shape index (κ3) is 4.61. The van der Waals surface area contributed by atoms with Crippen molar-refractivity contribution in [3.63, 3.8) is 0 Å². The van der Waals surface area contributed by atoms with Gasteiger partial charge in [0.1, 0.15) is 0 Å². The van der Waals surface area contributed by atoms with Gasteiger partial charge in [0.05, 0.1) is 0 Å². The molecule has 0 rings (SSSR count). The van der Waals surface area contributed by atoms with Crippen LogP contribution in [0.15, 0.2) is 0 Å². The number of rotatable bonds is 3. The smallest absolute Gasteiger partial charge is 0.309 e. The van der Waals surface area contributed by atoms with Gasteiger partial charge in [-0.15, -0.1) is 11.6 Å². The van der Waals surface area contributed by atoms with Crippen molar-refractivity contribution < 1.29 is 9.59 Å². The molecule has 0 aliphatic carbocycles. The Bertz CT molecular complexity index is 150. The number of hydrogen-bond acceptors (Lipinski definition) is 2. The average molecular weight is 179 g/mol. The Morgan fingerprint density at radius 1 is 1.27 bits per heavy atom. The number of hydrogen-bond donors (Lipinski definition) is 2. The van der Waals surface area contributed by atoms with Crippen LogP contribution in [0.4, 0.5) is 0 Å². The Balaban J connectivity index is 3.56. The van der Waals surface area contributed by atoms with E-state index in [1.807, 2.05) is 0 Å². The van der Waals surface area contributed by atoms with Gasteiger partial charge >= 0.3 is 11.8 Å². The summed E-state index contributed by atoms with van der Waals surface area (Å²) < 4.78 is 0. The van der Waals surface area contributed by atoms with Crippen LogP contribution in [0.1, 0.15) is 6.92 Å². The molecule has 0 aromatic heterocycles. The number of halogens is 1. The largest absolute Gasteiger partial charge is 0.348 e. The third-order valence-corrected chi connectivity index (χ3v) is 1.11. The fourth-order valence-electron chi connectivity index (χ4n) is 0.482. The zero-order valence-electron chi connectivity index (χ0n) is 6.32. The standard InChI is InChI=1S/C6H11ClN2O2/c1-2-8-5(10)6(11)9-4-3-7/h2-4H2,1H3,(H,8,10)(H,9,11). The average Bonchev–Trinajstić information content (AvgIpc) is 2.00.